The Balaban J connectivity index is 2.41. The van der Waals surface area contributed by atoms with Gasteiger partial charge in [-0.2, -0.15) is 0 Å². The van der Waals surface area contributed by atoms with Crippen molar-refractivity contribution in [1.82, 2.24) is 4.72 Å². The number of aryl methyl sites for hydroxylation is 4. The van der Waals surface area contributed by atoms with Crippen molar-refractivity contribution < 1.29 is 17.9 Å². The average Bonchev–Trinajstić information content (AvgIpc) is 2.53. The Morgan fingerprint density at radius 3 is 2.07 bits per heavy atom. The minimum atomic E-state index is -3.81. The number of hydrogen-bond donors (Lipinski definition) is 1. The molecule has 0 unspecified atom stereocenters. The van der Waals surface area contributed by atoms with Gasteiger partial charge in [0.15, 0.2) is 0 Å². The maximum Gasteiger partial charge on any atom is 0.307 e. The molecule has 0 amide bonds. The summed E-state index contributed by atoms with van der Waals surface area (Å²) in [6.45, 7) is 9.42. The van der Waals surface area contributed by atoms with Crippen molar-refractivity contribution in [3.8, 4) is 0 Å². The molecule has 1 atom stereocenters. The van der Waals surface area contributed by atoms with Gasteiger partial charge in [-0.15, -0.1) is 0 Å². The zero-order chi connectivity index (χ0) is 20.2. The molecule has 6 heteroatoms. The van der Waals surface area contributed by atoms with E-state index in [-0.39, 0.29) is 17.9 Å². The molecule has 2 rings (SSSR count). The second-order valence-electron chi connectivity index (χ2n) is 6.82. The summed E-state index contributed by atoms with van der Waals surface area (Å²) >= 11 is 0. The average molecular weight is 390 g/mol. The topological polar surface area (TPSA) is 72.5 Å². The van der Waals surface area contributed by atoms with Crippen molar-refractivity contribution in [2.45, 2.75) is 52.0 Å². The maximum absolute atomic E-state index is 13.1. The Bertz CT molecular complexity index is 895. The molecule has 0 aliphatic carbocycles. The number of sulfonamides is 1. The van der Waals surface area contributed by atoms with E-state index in [4.69, 9.17) is 4.74 Å². The van der Waals surface area contributed by atoms with Gasteiger partial charge in [0.1, 0.15) is 0 Å². The van der Waals surface area contributed by atoms with Crippen LogP contribution in [-0.4, -0.2) is 21.0 Å². The van der Waals surface area contributed by atoms with Gasteiger partial charge >= 0.3 is 5.97 Å². The molecular formula is C21H27NO4S. The largest absolute Gasteiger partial charge is 0.466 e. The van der Waals surface area contributed by atoms with E-state index < -0.39 is 22.0 Å². The number of benzene rings is 2. The summed E-state index contributed by atoms with van der Waals surface area (Å²) in [4.78, 5) is 12.3. The maximum atomic E-state index is 13.1. The lowest BCUT2D eigenvalue weighted by molar-refractivity contribution is -0.143. The number of nitrogens with one attached hydrogen (secondary N) is 1. The van der Waals surface area contributed by atoms with Gasteiger partial charge in [0.2, 0.25) is 10.0 Å². The molecule has 0 bridgehead atoms. The highest BCUT2D eigenvalue weighted by Crippen LogP contribution is 2.26. The number of ether oxygens (including phenoxy) is 1. The molecule has 0 spiro atoms. The van der Waals surface area contributed by atoms with Gasteiger partial charge < -0.3 is 4.74 Å². The third-order valence-electron chi connectivity index (χ3n) is 4.33. The quantitative estimate of drug-likeness (QED) is 0.729. The Morgan fingerprint density at radius 1 is 1.00 bits per heavy atom. The Hall–Kier alpha value is -2.18. The van der Waals surface area contributed by atoms with Crippen molar-refractivity contribution in [2.24, 2.45) is 0 Å². The second kappa shape index (κ2) is 8.67. The van der Waals surface area contributed by atoms with E-state index in [1.807, 2.05) is 50.2 Å². The lowest BCUT2D eigenvalue weighted by atomic mass is 10.0. The molecule has 0 aliphatic rings. The van der Waals surface area contributed by atoms with Crippen LogP contribution >= 0.6 is 0 Å². The minimum absolute atomic E-state index is 0.0694. The fourth-order valence-corrected chi connectivity index (χ4v) is 4.93. The monoisotopic (exact) mass is 389 g/mol. The van der Waals surface area contributed by atoms with Crippen LogP contribution in [0.5, 0.6) is 0 Å². The molecule has 5 nitrogen and oxygen atoms in total. The van der Waals surface area contributed by atoms with E-state index in [9.17, 15) is 13.2 Å². The molecule has 0 aromatic heterocycles. The van der Waals surface area contributed by atoms with Crippen LogP contribution < -0.4 is 4.72 Å². The first-order chi connectivity index (χ1) is 12.6. The Labute approximate surface area is 161 Å². The van der Waals surface area contributed by atoms with E-state index in [1.165, 1.54) is 0 Å². The van der Waals surface area contributed by atoms with E-state index in [2.05, 4.69) is 4.72 Å². The lowest BCUT2D eigenvalue weighted by Gasteiger charge is -2.21. The predicted molar refractivity (Wildman–Crippen MR) is 106 cm³/mol. The first-order valence-corrected chi connectivity index (χ1v) is 10.4. The van der Waals surface area contributed by atoms with Crippen LogP contribution in [0.1, 0.15) is 47.2 Å². The number of carbonyl (C=O) groups excluding carboxylic acids is 1. The highest BCUT2D eigenvalue weighted by atomic mass is 32.2. The van der Waals surface area contributed by atoms with Crippen molar-refractivity contribution in [3.05, 3.63) is 64.2 Å². The zero-order valence-electron chi connectivity index (χ0n) is 16.5. The molecule has 0 aliphatic heterocycles. The van der Waals surface area contributed by atoms with Crippen LogP contribution in [-0.2, 0) is 19.6 Å². The minimum Gasteiger partial charge on any atom is -0.466 e. The third-order valence-corrected chi connectivity index (χ3v) is 6.10. The van der Waals surface area contributed by atoms with Gasteiger partial charge in [-0.1, -0.05) is 47.5 Å². The van der Waals surface area contributed by atoms with E-state index in [0.717, 1.165) is 16.7 Å². The summed E-state index contributed by atoms with van der Waals surface area (Å²) in [6, 6.07) is 10.4. The van der Waals surface area contributed by atoms with Crippen molar-refractivity contribution in [3.63, 3.8) is 0 Å². The van der Waals surface area contributed by atoms with Gasteiger partial charge in [-0.05, 0) is 51.3 Å². The summed E-state index contributed by atoms with van der Waals surface area (Å²) < 4.78 is 34.0. The van der Waals surface area contributed by atoms with E-state index in [1.54, 1.807) is 20.8 Å². The van der Waals surface area contributed by atoms with Gasteiger partial charge in [0.25, 0.3) is 0 Å². The third kappa shape index (κ3) is 5.40. The molecular weight excluding hydrogens is 362 g/mol. The summed E-state index contributed by atoms with van der Waals surface area (Å²) in [6.07, 6.45) is -0.0694. The Morgan fingerprint density at radius 2 is 1.56 bits per heavy atom. The number of esters is 1. The van der Waals surface area contributed by atoms with Crippen molar-refractivity contribution in [1.29, 1.82) is 0 Å². The molecule has 0 saturated heterocycles. The summed E-state index contributed by atoms with van der Waals surface area (Å²) in [5.41, 5.74) is 4.14. The van der Waals surface area contributed by atoms with Gasteiger partial charge in [-0.25, -0.2) is 13.1 Å². The van der Waals surface area contributed by atoms with Gasteiger partial charge in [-0.3, -0.25) is 4.79 Å². The van der Waals surface area contributed by atoms with Gasteiger partial charge in [0, 0.05) is 0 Å². The summed E-state index contributed by atoms with van der Waals surface area (Å²) in [5, 5.41) is 0. The highest BCUT2D eigenvalue weighted by molar-refractivity contribution is 7.89. The SMILES string of the molecule is CCOC(=O)C[C@H](NS(=O)(=O)c1c(C)cc(C)cc1C)c1ccc(C)cc1. The van der Waals surface area contributed by atoms with Crippen molar-refractivity contribution in [2.75, 3.05) is 6.61 Å². The molecule has 146 valence electrons. The molecule has 0 fully saturated rings. The highest BCUT2D eigenvalue weighted by Gasteiger charge is 2.26. The first-order valence-electron chi connectivity index (χ1n) is 8.96. The van der Waals surface area contributed by atoms with E-state index in [0.29, 0.717) is 11.1 Å². The second-order valence-corrected chi connectivity index (χ2v) is 8.47. The van der Waals surface area contributed by atoms with Crippen molar-refractivity contribution >= 4 is 16.0 Å². The first kappa shape index (κ1) is 21.1. The Kier molecular flexibility index (Phi) is 6.78. The van der Waals surface area contributed by atoms with Crippen LogP contribution in [0, 0.1) is 27.7 Å². The predicted octanol–water partition coefficient (Wildman–Crippen LogP) is 3.89. The zero-order valence-corrected chi connectivity index (χ0v) is 17.3. The van der Waals surface area contributed by atoms with Crippen LogP contribution in [0.4, 0.5) is 0 Å². The summed E-state index contributed by atoms with van der Waals surface area (Å²) in [5.74, 6) is -0.442. The number of rotatable bonds is 7. The van der Waals surface area contributed by atoms with Crippen LogP contribution in [0.3, 0.4) is 0 Å². The molecule has 0 radical (unpaired) electrons. The lowest BCUT2D eigenvalue weighted by Crippen LogP contribution is -2.31. The molecule has 27 heavy (non-hydrogen) atoms. The van der Waals surface area contributed by atoms with E-state index >= 15 is 0 Å². The molecule has 1 N–H and O–H groups in total. The van der Waals surface area contributed by atoms with Crippen LogP contribution in [0.15, 0.2) is 41.3 Å². The molecule has 0 heterocycles. The molecule has 2 aromatic rings. The smallest absolute Gasteiger partial charge is 0.307 e. The standard InChI is InChI=1S/C21H27NO4S/c1-6-26-20(23)13-19(18-9-7-14(2)8-10-18)22-27(24,25)21-16(4)11-15(3)12-17(21)5/h7-12,19,22H,6,13H2,1-5H3/t19-/m0/s1. The fraction of sp³-hybridized carbons (Fsp3) is 0.381. The number of hydrogen-bond acceptors (Lipinski definition) is 4. The normalized spacial score (nSPS) is 12.6. The number of carbonyl (C=O) groups is 1. The molecule has 0 saturated carbocycles. The summed E-state index contributed by atoms with van der Waals surface area (Å²) in [7, 11) is -3.81. The van der Waals surface area contributed by atoms with Crippen LogP contribution in [0.25, 0.3) is 0 Å². The fourth-order valence-electron chi connectivity index (χ4n) is 3.25. The molecule has 2 aromatic carbocycles. The van der Waals surface area contributed by atoms with Gasteiger partial charge in [0.05, 0.1) is 24.0 Å². The van der Waals surface area contributed by atoms with Crippen LogP contribution in [0.2, 0.25) is 0 Å².